The number of hydrogen-bond acceptors (Lipinski definition) is 11. The van der Waals surface area contributed by atoms with Gasteiger partial charge in [-0.05, 0) is 0 Å². The summed E-state index contributed by atoms with van der Waals surface area (Å²) in [5, 5.41) is 40.4. The number of halogens is 5. The van der Waals surface area contributed by atoms with E-state index in [0.717, 1.165) is 0 Å². The zero-order valence-corrected chi connectivity index (χ0v) is 21.4. The summed E-state index contributed by atoms with van der Waals surface area (Å²) < 4.78 is 88.1. The molecule has 2 aromatic rings. The highest BCUT2D eigenvalue weighted by atomic mass is 19.2. The van der Waals surface area contributed by atoms with Gasteiger partial charge in [0.2, 0.25) is 40.7 Å². The average Bonchev–Trinajstić information content (AvgIpc) is 3.39. The third-order valence-corrected chi connectivity index (χ3v) is 5.76. The highest BCUT2D eigenvalue weighted by Crippen LogP contribution is 2.29. The summed E-state index contributed by atoms with van der Waals surface area (Å²) in [6.07, 6.45) is -4.16. The highest BCUT2D eigenvalue weighted by molar-refractivity contribution is 5.73. The van der Waals surface area contributed by atoms with E-state index in [0.29, 0.717) is 12.1 Å². The average molecular weight is 598 g/mol. The number of aliphatic hydroxyl groups excluding tert-OH is 3. The zero-order chi connectivity index (χ0) is 30.3. The lowest BCUT2D eigenvalue weighted by Crippen LogP contribution is -2.64. The van der Waals surface area contributed by atoms with Crippen LogP contribution in [-0.4, -0.2) is 99.3 Å². The Kier molecular flexibility index (Phi) is 11.4. The molecule has 1 aliphatic rings. The standard InChI is InChI=1S/C23H27F5N4O9/c1-10(33)29-19-21(36)20(35)12(40-23(19)37)9-39-5-2-11-8-32(31-30-11)4-7-38-6-3-13(34)41-22-17(27)15(25)14(24)16(26)18(22)28/h8,12,19-21,23,35-37H,2-7,9H2,1H3,(H,29,33)/t12-,19-,20+,21-,23-/m1/s1. The summed E-state index contributed by atoms with van der Waals surface area (Å²) in [4.78, 5) is 22.9. The molecule has 1 saturated heterocycles. The van der Waals surface area contributed by atoms with Gasteiger partial charge in [0, 0.05) is 19.5 Å². The molecule has 1 aromatic heterocycles. The number of benzene rings is 1. The smallest absolute Gasteiger partial charge is 0.313 e. The van der Waals surface area contributed by atoms with Gasteiger partial charge in [0.05, 0.1) is 45.1 Å². The number of esters is 1. The quantitative estimate of drug-likeness (QED) is 0.0584. The molecule has 2 heterocycles. The van der Waals surface area contributed by atoms with Crippen LogP contribution in [0.3, 0.4) is 0 Å². The molecule has 1 aliphatic heterocycles. The van der Waals surface area contributed by atoms with Crippen molar-refractivity contribution in [1.29, 1.82) is 0 Å². The summed E-state index contributed by atoms with van der Waals surface area (Å²) in [6, 6.07) is -1.20. The lowest BCUT2D eigenvalue weighted by molar-refractivity contribution is -0.256. The normalized spacial score (nSPS) is 22.5. The summed E-state index contributed by atoms with van der Waals surface area (Å²) in [7, 11) is 0. The second-order valence-corrected chi connectivity index (χ2v) is 8.81. The fourth-order valence-electron chi connectivity index (χ4n) is 3.67. The summed E-state index contributed by atoms with van der Waals surface area (Å²) in [6.45, 7) is 1.06. The number of amides is 1. The van der Waals surface area contributed by atoms with E-state index in [9.17, 15) is 46.9 Å². The molecule has 0 bridgehead atoms. The number of carbonyl (C=O) groups is 2. The van der Waals surface area contributed by atoms with E-state index in [1.807, 2.05) is 0 Å². The number of aromatic nitrogens is 3. The highest BCUT2D eigenvalue weighted by Gasteiger charge is 2.44. The Morgan fingerprint density at radius 2 is 1.63 bits per heavy atom. The molecule has 1 aromatic carbocycles. The molecular formula is C23H27F5N4O9. The van der Waals surface area contributed by atoms with Crippen LogP contribution in [-0.2, 0) is 36.8 Å². The fourth-order valence-corrected chi connectivity index (χ4v) is 3.67. The van der Waals surface area contributed by atoms with E-state index < -0.39 is 83.8 Å². The van der Waals surface area contributed by atoms with Crippen molar-refractivity contribution in [2.75, 3.05) is 26.4 Å². The predicted molar refractivity (Wildman–Crippen MR) is 122 cm³/mol. The van der Waals surface area contributed by atoms with Crippen LogP contribution < -0.4 is 10.1 Å². The van der Waals surface area contributed by atoms with Crippen molar-refractivity contribution in [3.8, 4) is 5.75 Å². The van der Waals surface area contributed by atoms with Gasteiger partial charge in [0.1, 0.15) is 24.4 Å². The second kappa shape index (κ2) is 14.6. The number of carbonyl (C=O) groups excluding carboxylic acids is 2. The van der Waals surface area contributed by atoms with Crippen molar-refractivity contribution in [2.24, 2.45) is 0 Å². The van der Waals surface area contributed by atoms with Crippen LogP contribution >= 0.6 is 0 Å². The van der Waals surface area contributed by atoms with Gasteiger partial charge in [0.15, 0.2) is 6.29 Å². The van der Waals surface area contributed by atoms with Crippen LogP contribution in [0.25, 0.3) is 0 Å². The fraction of sp³-hybridized carbons (Fsp3) is 0.565. The Morgan fingerprint density at radius 3 is 2.29 bits per heavy atom. The maximum Gasteiger partial charge on any atom is 0.313 e. The van der Waals surface area contributed by atoms with Crippen LogP contribution in [0, 0.1) is 29.1 Å². The Bertz CT molecular complexity index is 1190. The van der Waals surface area contributed by atoms with Gasteiger partial charge in [0.25, 0.3) is 0 Å². The van der Waals surface area contributed by atoms with Crippen molar-refractivity contribution in [3.05, 3.63) is 41.0 Å². The molecule has 0 radical (unpaired) electrons. The zero-order valence-electron chi connectivity index (χ0n) is 21.4. The number of hydrogen-bond donors (Lipinski definition) is 4. The molecule has 4 N–H and O–H groups in total. The van der Waals surface area contributed by atoms with Gasteiger partial charge in [-0.3, -0.25) is 9.59 Å². The van der Waals surface area contributed by atoms with E-state index in [4.69, 9.17) is 14.2 Å². The lowest BCUT2D eigenvalue weighted by Gasteiger charge is -2.40. The van der Waals surface area contributed by atoms with Crippen molar-refractivity contribution in [2.45, 2.75) is 57.0 Å². The molecular weight excluding hydrogens is 571 g/mol. The molecule has 5 atom stereocenters. The number of aliphatic hydroxyl groups is 3. The first-order chi connectivity index (χ1) is 19.4. The number of nitrogens with one attached hydrogen (secondary N) is 1. The third-order valence-electron chi connectivity index (χ3n) is 5.76. The van der Waals surface area contributed by atoms with Crippen molar-refractivity contribution < 1.29 is 65.8 Å². The lowest BCUT2D eigenvalue weighted by atomic mass is 9.97. The molecule has 1 amide bonds. The number of rotatable bonds is 13. The van der Waals surface area contributed by atoms with E-state index in [1.54, 1.807) is 6.20 Å². The maximum atomic E-state index is 13.6. The Hall–Kier alpha value is -3.29. The molecule has 0 unspecified atom stereocenters. The van der Waals surface area contributed by atoms with Crippen LogP contribution in [0.5, 0.6) is 5.75 Å². The van der Waals surface area contributed by atoms with Gasteiger partial charge in [-0.2, -0.15) is 8.78 Å². The minimum absolute atomic E-state index is 0.0240. The maximum absolute atomic E-state index is 13.6. The number of nitrogens with zero attached hydrogens (tertiary/aromatic N) is 3. The Morgan fingerprint density at radius 1 is 0.976 bits per heavy atom. The molecule has 41 heavy (non-hydrogen) atoms. The first-order valence-corrected chi connectivity index (χ1v) is 12.1. The molecule has 3 rings (SSSR count). The van der Waals surface area contributed by atoms with E-state index >= 15 is 0 Å². The predicted octanol–water partition coefficient (Wildman–Crippen LogP) is -0.511. The molecule has 18 heteroatoms. The molecule has 0 aliphatic carbocycles. The largest absolute Gasteiger partial charge is 0.420 e. The van der Waals surface area contributed by atoms with Crippen molar-refractivity contribution >= 4 is 11.9 Å². The first-order valence-electron chi connectivity index (χ1n) is 12.1. The minimum Gasteiger partial charge on any atom is -0.420 e. The van der Waals surface area contributed by atoms with Crippen LogP contribution in [0.15, 0.2) is 6.20 Å². The van der Waals surface area contributed by atoms with E-state index in [2.05, 4.69) is 20.4 Å². The second-order valence-electron chi connectivity index (χ2n) is 8.81. The molecule has 228 valence electrons. The van der Waals surface area contributed by atoms with Gasteiger partial charge >= 0.3 is 5.97 Å². The van der Waals surface area contributed by atoms with Gasteiger partial charge in [-0.15, -0.1) is 5.10 Å². The SMILES string of the molecule is CC(=O)N[C@@H]1[C@@H](O)[C@@H](O)[C@@H](COCCc2cn(CCOCCC(=O)Oc3c(F)c(F)c(F)c(F)c3F)nn2)O[C@H]1O. The van der Waals surface area contributed by atoms with Crippen LogP contribution in [0.4, 0.5) is 22.0 Å². The van der Waals surface area contributed by atoms with Crippen LogP contribution in [0.2, 0.25) is 0 Å². The van der Waals surface area contributed by atoms with E-state index in [1.165, 1.54) is 11.6 Å². The monoisotopic (exact) mass is 598 g/mol. The molecule has 0 spiro atoms. The summed E-state index contributed by atoms with van der Waals surface area (Å²) in [5.74, 6) is -14.9. The Labute approximate surface area is 228 Å². The first kappa shape index (κ1) is 32.2. The number of ether oxygens (including phenoxy) is 4. The minimum atomic E-state index is -2.37. The Balaban J connectivity index is 1.32. The van der Waals surface area contributed by atoms with Gasteiger partial charge < -0.3 is 39.6 Å². The third kappa shape index (κ3) is 8.37. The van der Waals surface area contributed by atoms with Gasteiger partial charge in [-0.25, -0.2) is 17.9 Å². The van der Waals surface area contributed by atoms with Gasteiger partial charge in [-0.1, -0.05) is 5.21 Å². The molecule has 1 fully saturated rings. The van der Waals surface area contributed by atoms with Crippen molar-refractivity contribution in [1.82, 2.24) is 20.3 Å². The topological polar surface area (TPSA) is 174 Å². The summed E-state index contributed by atoms with van der Waals surface area (Å²) >= 11 is 0. The van der Waals surface area contributed by atoms with E-state index in [-0.39, 0.29) is 33.0 Å². The molecule has 0 saturated carbocycles. The van der Waals surface area contributed by atoms with Crippen molar-refractivity contribution in [3.63, 3.8) is 0 Å². The molecule has 13 nitrogen and oxygen atoms in total. The van der Waals surface area contributed by atoms with Crippen LogP contribution in [0.1, 0.15) is 19.0 Å². The summed E-state index contributed by atoms with van der Waals surface area (Å²) in [5.41, 5.74) is 0.521.